The van der Waals surface area contributed by atoms with Gasteiger partial charge in [0.2, 0.25) is 5.91 Å². The highest BCUT2D eigenvalue weighted by molar-refractivity contribution is 5.79. The number of rotatable bonds is 9. The molecule has 0 aliphatic carbocycles. The predicted molar refractivity (Wildman–Crippen MR) is 138 cm³/mol. The number of aromatic nitrogens is 2. The summed E-state index contributed by atoms with van der Waals surface area (Å²) in [7, 11) is 0. The van der Waals surface area contributed by atoms with Crippen LogP contribution >= 0.6 is 0 Å². The van der Waals surface area contributed by atoms with Crippen molar-refractivity contribution in [2.75, 3.05) is 37.6 Å². The van der Waals surface area contributed by atoms with E-state index in [4.69, 9.17) is 0 Å². The fraction of sp³-hybridized carbons (Fsp3) is 0.393. The Morgan fingerprint density at radius 3 is 2.56 bits per heavy atom. The van der Waals surface area contributed by atoms with Gasteiger partial charge in [0.25, 0.3) is 0 Å². The Morgan fingerprint density at radius 1 is 1.06 bits per heavy atom. The van der Waals surface area contributed by atoms with E-state index in [1.807, 2.05) is 18.2 Å². The topological polar surface area (TPSA) is 61.4 Å². The minimum absolute atomic E-state index is 0.0171. The molecular formula is C28H35N5O. The summed E-state index contributed by atoms with van der Waals surface area (Å²) in [5.41, 5.74) is 4.46. The number of benzene rings is 2. The normalized spacial score (nSPS) is 16.0. The van der Waals surface area contributed by atoms with E-state index in [1.54, 1.807) is 0 Å². The highest BCUT2D eigenvalue weighted by Gasteiger charge is 2.26. The molecule has 6 nitrogen and oxygen atoms in total. The fourth-order valence-electron chi connectivity index (χ4n) is 4.44. The second-order valence-electron chi connectivity index (χ2n) is 9.07. The van der Waals surface area contributed by atoms with Gasteiger partial charge in [0, 0.05) is 38.3 Å². The van der Waals surface area contributed by atoms with Crippen LogP contribution in [-0.2, 0) is 11.3 Å². The number of piperidine rings is 1. The van der Waals surface area contributed by atoms with Crippen LogP contribution in [0, 0.1) is 12.8 Å². The third-order valence-electron chi connectivity index (χ3n) is 6.54. The van der Waals surface area contributed by atoms with Crippen LogP contribution < -0.4 is 10.2 Å². The van der Waals surface area contributed by atoms with Gasteiger partial charge in [-0.15, -0.1) is 10.2 Å². The number of carbonyl (C=O) groups is 1. The molecule has 1 aliphatic heterocycles. The van der Waals surface area contributed by atoms with Crippen molar-refractivity contribution >= 4 is 11.7 Å². The number of carbonyl (C=O) groups excluding carboxylic acids is 1. The number of hydrogen-bond acceptors (Lipinski definition) is 5. The van der Waals surface area contributed by atoms with Crippen molar-refractivity contribution in [2.45, 2.75) is 33.2 Å². The maximum Gasteiger partial charge on any atom is 0.224 e. The summed E-state index contributed by atoms with van der Waals surface area (Å²) >= 11 is 0. The predicted octanol–water partition coefficient (Wildman–Crippen LogP) is 4.31. The molecule has 1 saturated heterocycles. The molecule has 1 atom stereocenters. The van der Waals surface area contributed by atoms with E-state index in [0.29, 0.717) is 13.1 Å². The van der Waals surface area contributed by atoms with Crippen molar-refractivity contribution in [3.05, 3.63) is 77.9 Å². The lowest BCUT2D eigenvalue weighted by molar-refractivity contribution is -0.125. The number of anilines is 1. The van der Waals surface area contributed by atoms with Crippen molar-refractivity contribution in [3.8, 4) is 11.3 Å². The van der Waals surface area contributed by atoms with Gasteiger partial charge >= 0.3 is 0 Å². The van der Waals surface area contributed by atoms with Crippen molar-refractivity contribution < 1.29 is 4.79 Å². The highest BCUT2D eigenvalue weighted by Crippen LogP contribution is 2.23. The van der Waals surface area contributed by atoms with E-state index in [0.717, 1.165) is 56.1 Å². The fourth-order valence-corrected chi connectivity index (χ4v) is 4.44. The molecule has 178 valence electrons. The van der Waals surface area contributed by atoms with Gasteiger partial charge in [0.1, 0.15) is 0 Å². The number of hydrogen-bond donors (Lipinski definition) is 1. The quantitative estimate of drug-likeness (QED) is 0.519. The SMILES string of the molecule is CCN(CCNC(=O)[C@@H]1CCCN(c2ccc(-c3ccc(C)cc3)nn2)C1)Cc1ccccc1. The molecule has 0 saturated carbocycles. The van der Waals surface area contributed by atoms with Crippen LogP contribution in [0.4, 0.5) is 5.82 Å². The average Bonchev–Trinajstić information content (AvgIpc) is 2.89. The summed E-state index contributed by atoms with van der Waals surface area (Å²) in [6.45, 7) is 9.21. The van der Waals surface area contributed by atoms with Crippen LogP contribution in [0.25, 0.3) is 11.3 Å². The van der Waals surface area contributed by atoms with Gasteiger partial charge in [-0.25, -0.2) is 0 Å². The monoisotopic (exact) mass is 457 g/mol. The molecule has 1 amide bonds. The molecule has 6 heteroatoms. The Bertz CT molecular complexity index is 1040. The van der Waals surface area contributed by atoms with Crippen LogP contribution in [0.5, 0.6) is 0 Å². The third kappa shape index (κ3) is 6.41. The van der Waals surface area contributed by atoms with Gasteiger partial charge in [-0.2, -0.15) is 0 Å². The number of likely N-dealkylation sites (N-methyl/N-ethyl adjacent to an activating group) is 1. The van der Waals surface area contributed by atoms with E-state index in [2.05, 4.69) is 87.7 Å². The van der Waals surface area contributed by atoms with Gasteiger partial charge in [-0.05, 0) is 44.0 Å². The van der Waals surface area contributed by atoms with Crippen LogP contribution in [0.15, 0.2) is 66.7 Å². The minimum Gasteiger partial charge on any atom is -0.355 e. The van der Waals surface area contributed by atoms with E-state index in [9.17, 15) is 4.79 Å². The first-order valence-electron chi connectivity index (χ1n) is 12.3. The third-order valence-corrected chi connectivity index (χ3v) is 6.54. The molecule has 2 aromatic carbocycles. The first-order chi connectivity index (χ1) is 16.6. The average molecular weight is 458 g/mol. The first kappa shape index (κ1) is 23.9. The second-order valence-corrected chi connectivity index (χ2v) is 9.07. The zero-order valence-electron chi connectivity index (χ0n) is 20.3. The van der Waals surface area contributed by atoms with E-state index in [-0.39, 0.29) is 11.8 Å². The molecule has 1 aliphatic rings. The number of nitrogens with zero attached hydrogens (tertiary/aromatic N) is 4. The Hall–Kier alpha value is -3.25. The van der Waals surface area contributed by atoms with Crippen molar-refractivity contribution in [2.24, 2.45) is 5.92 Å². The lowest BCUT2D eigenvalue weighted by atomic mass is 9.97. The van der Waals surface area contributed by atoms with Crippen molar-refractivity contribution in [1.82, 2.24) is 20.4 Å². The van der Waals surface area contributed by atoms with Gasteiger partial charge in [0.05, 0.1) is 11.6 Å². The van der Waals surface area contributed by atoms with Gasteiger partial charge in [-0.1, -0.05) is 67.1 Å². The molecule has 1 aromatic heterocycles. The van der Waals surface area contributed by atoms with Gasteiger partial charge in [0.15, 0.2) is 5.82 Å². The minimum atomic E-state index is -0.0171. The lowest BCUT2D eigenvalue weighted by Gasteiger charge is -2.32. The molecule has 0 spiro atoms. The summed E-state index contributed by atoms with van der Waals surface area (Å²) in [5.74, 6) is 0.967. The summed E-state index contributed by atoms with van der Waals surface area (Å²) < 4.78 is 0. The van der Waals surface area contributed by atoms with Crippen LogP contribution in [0.2, 0.25) is 0 Å². The molecule has 0 unspecified atom stereocenters. The molecule has 0 radical (unpaired) electrons. The maximum absolute atomic E-state index is 12.9. The van der Waals surface area contributed by atoms with E-state index < -0.39 is 0 Å². The highest BCUT2D eigenvalue weighted by atomic mass is 16.1. The zero-order chi connectivity index (χ0) is 23.8. The van der Waals surface area contributed by atoms with Crippen molar-refractivity contribution in [1.29, 1.82) is 0 Å². The summed E-state index contributed by atoms with van der Waals surface area (Å²) in [5, 5.41) is 12.1. The lowest BCUT2D eigenvalue weighted by Crippen LogP contribution is -2.45. The van der Waals surface area contributed by atoms with E-state index in [1.165, 1.54) is 11.1 Å². The van der Waals surface area contributed by atoms with Crippen LogP contribution in [-0.4, -0.2) is 53.7 Å². The summed E-state index contributed by atoms with van der Waals surface area (Å²) in [6, 6.07) is 22.8. The molecule has 3 aromatic rings. The number of nitrogens with one attached hydrogen (secondary N) is 1. The Kier molecular flexibility index (Phi) is 8.26. The summed E-state index contributed by atoms with van der Waals surface area (Å²) in [4.78, 5) is 17.4. The number of aryl methyl sites for hydroxylation is 1. The molecule has 1 N–H and O–H groups in total. The molecule has 2 heterocycles. The van der Waals surface area contributed by atoms with Crippen LogP contribution in [0.1, 0.15) is 30.9 Å². The van der Waals surface area contributed by atoms with Crippen molar-refractivity contribution in [3.63, 3.8) is 0 Å². The Balaban J connectivity index is 1.27. The van der Waals surface area contributed by atoms with Gasteiger partial charge < -0.3 is 10.2 Å². The molecule has 4 rings (SSSR count). The van der Waals surface area contributed by atoms with E-state index >= 15 is 0 Å². The molecule has 34 heavy (non-hydrogen) atoms. The first-order valence-corrected chi connectivity index (χ1v) is 12.3. The molecule has 1 fully saturated rings. The largest absolute Gasteiger partial charge is 0.355 e. The Labute approximate surface area is 203 Å². The smallest absolute Gasteiger partial charge is 0.224 e. The van der Waals surface area contributed by atoms with Gasteiger partial charge in [-0.3, -0.25) is 9.69 Å². The maximum atomic E-state index is 12.9. The van der Waals surface area contributed by atoms with Crippen LogP contribution in [0.3, 0.4) is 0 Å². The zero-order valence-corrected chi connectivity index (χ0v) is 20.3. The molecule has 0 bridgehead atoms. The molecular weight excluding hydrogens is 422 g/mol. The Morgan fingerprint density at radius 2 is 1.85 bits per heavy atom. The second kappa shape index (κ2) is 11.7. The summed E-state index contributed by atoms with van der Waals surface area (Å²) in [6.07, 6.45) is 1.90. The standard InChI is InChI=1S/C28H35N5O/c1-3-32(20-23-8-5-4-6-9-23)19-17-29-28(34)25-10-7-18-33(21-25)27-16-15-26(30-31-27)24-13-11-22(2)12-14-24/h4-6,8-9,11-16,25H,3,7,10,17-21H2,1-2H3,(H,29,34)/t25-/m1/s1. The number of amides is 1.